The Morgan fingerprint density at radius 3 is 2.07 bits per heavy atom. The van der Waals surface area contributed by atoms with Crippen LogP contribution in [-0.4, -0.2) is 39.9 Å². The van der Waals surface area contributed by atoms with E-state index >= 15 is 0 Å². The summed E-state index contributed by atoms with van der Waals surface area (Å²) in [5, 5.41) is 18.7. The molecule has 1 aromatic carbocycles. The van der Waals surface area contributed by atoms with Gasteiger partial charge in [-0.25, -0.2) is 14.5 Å². The van der Waals surface area contributed by atoms with E-state index in [0.29, 0.717) is 11.3 Å². The number of benzene rings is 1. The maximum Gasteiger partial charge on any atom is 0.416 e. The predicted molar refractivity (Wildman–Crippen MR) is 113 cm³/mol. The molecule has 0 radical (unpaired) electrons. The van der Waals surface area contributed by atoms with Crippen molar-refractivity contribution in [1.82, 2.24) is 4.90 Å². The van der Waals surface area contributed by atoms with Gasteiger partial charge in [0.05, 0.1) is 0 Å². The fourth-order valence-electron chi connectivity index (χ4n) is 5.25. The number of rotatable bonds is 5. The summed E-state index contributed by atoms with van der Waals surface area (Å²) in [6.07, 6.45) is -0.492. The molecule has 6 nitrogen and oxygen atoms in total. The zero-order chi connectivity index (χ0) is 22.2. The second kappa shape index (κ2) is 7.88. The van der Waals surface area contributed by atoms with Crippen molar-refractivity contribution in [3.8, 4) is 5.75 Å². The van der Waals surface area contributed by atoms with E-state index < -0.39 is 17.6 Å². The second-order valence-electron chi connectivity index (χ2n) is 10.0. The van der Waals surface area contributed by atoms with Gasteiger partial charge in [0.2, 0.25) is 0 Å². The molecule has 0 aliphatic carbocycles. The maximum atomic E-state index is 11.4. The van der Waals surface area contributed by atoms with Crippen LogP contribution in [0.1, 0.15) is 72.4 Å². The minimum absolute atomic E-state index is 0.0790. The highest BCUT2D eigenvalue weighted by Gasteiger charge is 2.52. The van der Waals surface area contributed by atoms with Crippen LogP contribution in [0.3, 0.4) is 0 Å². The van der Waals surface area contributed by atoms with E-state index in [1.54, 1.807) is 0 Å². The molecule has 1 aliphatic heterocycles. The Morgan fingerprint density at radius 1 is 1.07 bits per heavy atom. The van der Waals surface area contributed by atoms with Gasteiger partial charge in [0.1, 0.15) is 11.9 Å². The van der Waals surface area contributed by atoms with Crippen LogP contribution in [-0.2, 0) is 11.8 Å². The molecule has 1 aromatic rings. The summed E-state index contributed by atoms with van der Waals surface area (Å²) < 4.78 is 5.99. The standard InChI is InChI=1S/C23H35NO5/c1-8-17-14-15-13-16(9-10-18(15)29-17)23(21(2,3)4,22(5,6)7)11-12-24(19(25)26)20(27)28/h9-10,13,17H,8,11-12,14H2,1-7H3,(H,25,26)(H,27,28). The average Bonchev–Trinajstić information content (AvgIpc) is 2.97. The molecule has 1 aliphatic rings. The van der Waals surface area contributed by atoms with Crippen molar-refractivity contribution in [3.05, 3.63) is 29.3 Å². The third-order valence-electron chi connectivity index (χ3n) is 6.48. The number of carboxylic acid groups (broad SMARTS) is 2. The zero-order valence-electron chi connectivity index (χ0n) is 18.7. The van der Waals surface area contributed by atoms with Crippen LogP contribution < -0.4 is 4.74 Å². The number of ether oxygens (including phenoxy) is 1. The minimum Gasteiger partial charge on any atom is -0.490 e. The monoisotopic (exact) mass is 405 g/mol. The third kappa shape index (κ3) is 4.21. The molecule has 0 saturated heterocycles. The van der Waals surface area contributed by atoms with Crippen LogP contribution in [0.25, 0.3) is 0 Å². The first-order valence-electron chi connectivity index (χ1n) is 10.3. The van der Waals surface area contributed by atoms with Crippen molar-refractivity contribution in [3.63, 3.8) is 0 Å². The molecule has 6 heteroatoms. The highest BCUT2D eigenvalue weighted by Crippen LogP contribution is 2.56. The fourth-order valence-corrected chi connectivity index (χ4v) is 5.25. The molecular weight excluding hydrogens is 370 g/mol. The number of hydrogen-bond donors (Lipinski definition) is 2. The van der Waals surface area contributed by atoms with Gasteiger partial charge < -0.3 is 14.9 Å². The van der Waals surface area contributed by atoms with E-state index in [2.05, 4.69) is 60.6 Å². The van der Waals surface area contributed by atoms with E-state index in [9.17, 15) is 19.8 Å². The van der Waals surface area contributed by atoms with E-state index in [0.717, 1.165) is 24.2 Å². The number of amides is 2. The Balaban J connectivity index is 2.57. The van der Waals surface area contributed by atoms with Crippen LogP contribution in [0.4, 0.5) is 9.59 Å². The molecule has 29 heavy (non-hydrogen) atoms. The van der Waals surface area contributed by atoms with Gasteiger partial charge >= 0.3 is 12.2 Å². The molecule has 0 bridgehead atoms. The maximum absolute atomic E-state index is 11.4. The molecular formula is C23H35NO5. The van der Waals surface area contributed by atoms with Crippen LogP contribution >= 0.6 is 0 Å². The number of nitrogens with zero attached hydrogens (tertiary/aromatic N) is 1. The number of hydrogen-bond acceptors (Lipinski definition) is 3. The van der Waals surface area contributed by atoms with Gasteiger partial charge in [0.15, 0.2) is 0 Å². The summed E-state index contributed by atoms with van der Waals surface area (Å²) in [6, 6.07) is 6.27. The molecule has 1 heterocycles. The molecule has 162 valence electrons. The molecule has 2 amide bonds. The largest absolute Gasteiger partial charge is 0.490 e. The number of imide groups is 1. The molecule has 0 spiro atoms. The van der Waals surface area contributed by atoms with E-state index in [1.807, 2.05) is 6.07 Å². The summed E-state index contributed by atoms with van der Waals surface area (Å²) in [4.78, 5) is 23.4. The lowest BCUT2D eigenvalue weighted by atomic mass is 9.49. The van der Waals surface area contributed by atoms with E-state index in [1.165, 1.54) is 5.56 Å². The Bertz CT molecular complexity index is 744. The van der Waals surface area contributed by atoms with Crippen molar-refractivity contribution < 1.29 is 24.5 Å². The predicted octanol–water partition coefficient (Wildman–Crippen LogP) is 5.78. The molecule has 2 rings (SSSR count). The lowest BCUT2D eigenvalue weighted by Gasteiger charge is -2.55. The first-order valence-corrected chi connectivity index (χ1v) is 10.3. The van der Waals surface area contributed by atoms with E-state index in [-0.39, 0.29) is 23.5 Å². The van der Waals surface area contributed by atoms with Crippen molar-refractivity contribution in [2.24, 2.45) is 10.8 Å². The summed E-state index contributed by atoms with van der Waals surface area (Å²) in [5.74, 6) is 0.912. The normalized spacial score (nSPS) is 16.9. The smallest absolute Gasteiger partial charge is 0.416 e. The number of fused-ring (bicyclic) bond motifs is 1. The average molecular weight is 406 g/mol. The topological polar surface area (TPSA) is 87.1 Å². The summed E-state index contributed by atoms with van der Waals surface area (Å²) in [7, 11) is 0. The van der Waals surface area contributed by atoms with Gasteiger partial charge in [-0.2, -0.15) is 0 Å². The van der Waals surface area contributed by atoms with Gasteiger partial charge in [-0.15, -0.1) is 0 Å². The van der Waals surface area contributed by atoms with Crippen LogP contribution in [0, 0.1) is 10.8 Å². The number of carbonyl (C=O) groups is 2. The van der Waals surface area contributed by atoms with Gasteiger partial charge in [0, 0.05) is 18.4 Å². The SMILES string of the molecule is CCC1Cc2cc(C(CCN(C(=O)O)C(=O)O)(C(C)(C)C)C(C)(C)C)ccc2O1. The third-order valence-corrected chi connectivity index (χ3v) is 6.48. The summed E-state index contributed by atoms with van der Waals surface area (Å²) in [5.41, 5.74) is 1.33. The van der Waals surface area contributed by atoms with E-state index in [4.69, 9.17) is 4.74 Å². The van der Waals surface area contributed by atoms with Gasteiger partial charge in [-0.3, -0.25) is 0 Å². The van der Waals surface area contributed by atoms with Crippen molar-refractivity contribution in [1.29, 1.82) is 0 Å². The van der Waals surface area contributed by atoms with Crippen molar-refractivity contribution in [2.75, 3.05) is 6.54 Å². The first-order chi connectivity index (χ1) is 13.2. The van der Waals surface area contributed by atoms with Crippen molar-refractivity contribution >= 4 is 12.2 Å². The molecule has 0 saturated carbocycles. The van der Waals surface area contributed by atoms with Crippen LogP contribution in [0.2, 0.25) is 0 Å². The zero-order valence-corrected chi connectivity index (χ0v) is 18.7. The first kappa shape index (κ1) is 23.0. The quantitative estimate of drug-likeness (QED) is 0.648. The Labute approximate surface area is 173 Å². The highest BCUT2D eigenvalue weighted by atomic mass is 16.5. The Kier molecular flexibility index (Phi) is 6.26. The molecule has 2 N–H and O–H groups in total. The van der Waals surface area contributed by atoms with Crippen molar-refractivity contribution in [2.45, 2.75) is 79.2 Å². The second-order valence-corrected chi connectivity index (χ2v) is 10.0. The summed E-state index contributed by atoms with van der Waals surface area (Å²) in [6.45, 7) is 14.9. The lowest BCUT2D eigenvalue weighted by Crippen LogP contribution is -2.52. The van der Waals surface area contributed by atoms with Gasteiger partial charge in [0.25, 0.3) is 0 Å². The minimum atomic E-state index is -1.44. The molecule has 1 unspecified atom stereocenters. The highest BCUT2D eigenvalue weighted by molar-refractivity contribution is 5.85. The van der Waals surface area contributed by atoms with Gasteiger partial charge in [-0.1, -0.05) is 60.6 Å². The lowest BCUT2D eigenvalue weighted by molar-refractivity contribution is 0.0322. The molecule has 0 fully saturated rings. The Morgan fingerprint density at radius 2 is 1.62 bits per heavy atom. The van der Waals surface area contributed by atoms with Gasteiger partial charge in [-0.05, 0) is 40.9 Å². The molecule has 0 aromatic heterocycles. The Hall–Kier alpha value is -2.24. The van der Waals surface area contributed by atoms with Crippen LogP contribution in [0.5, 0.6) is 5.75 Å². The fraction of sp³-hybridized carbons (Fsp3) is 0.652. The summed E-state index contributed by atoms with van der Waals surface area (Å²) >= 11 is 0. The van der Waals surface area contributed by atoms with Crippen LogP contribution in [0.15, 0.2) is 18.2 Å². The molecule has 1 atom stereocenters.